The highest BCUT2D eigenvalue weighted by molar-refractivity contribution is 7.10. The number of thiophene rings is 1. The van der Waals surface area contributed by atoms with E-state index in [2.05, 4.69) is 6.07 Å². The van der Waals surface area contributed by atoms with E-state index < -0.39 is 0 Å². The first-order valence-corrected chi connectivity index (χ1v) is 12.4. The maximum absolute atomic E-state index is 13.5. The van der Waals surface area contributed by atoms with Crippen molar-refractivity contribution in [2.75, 3.05) is 40.0 Å². The topological polar surface area (TPSA) is 72.2 Å². The molecular formula is C25H27ClN2O5S. The number of methoxy groups -OCH3 is 1. The van der Waals surface area contributed by atoms with E-state index in [0.29, 0.717) is 43.5 Å². The first-order valence-electron chi connectivity index (χ1n) is 11.1. The molecule has 1 aliphatic rings. The van der Waals surface area contributed by atoms with Crippen molar-refractivity contribution in [3.05, 3.63) is 75.3 Å². The molecule has 3 heterocycles. The van der Waals surface area contributed by atoms with Gasteiger partial charge in [-0.1, -0.05) is 11.6 Å². The van der Waals surface area contributed by atoms with Crippen molar-refractivity contribution in [2.45, 2.75) is 18.9 Å². The zero-order valence-electron chi connectivity index (χ0n) is 18.9. The number of carbonyl (C=O) groups excluding carboxylic acids is 2. The molecule has 1 aromatic carbocycles. The molecule has 2 aromatic heterocycles. The third kappa shape index (κ3) is 5.81. The molecule has 1 aliphatic heterocycles. The Morgan fingerprint density at radius 2 is 2.06 bits per heavy atom. The molecule has 34 heavy (non-hydrogen) atoms. The lowest BCUT2D eigenvalue weighted by Crippen LogP contribution is -2.48. The molecule has 0 fully saturated rings. The first kappa shape index (κ1) is 24.3. The van der Waals surface area contributed by atoms with Crippen LogP contribution in [0.4, 0.5) is 0 Å². The molecule has 0 unspecified atom stereocenters. The van der Waals surface area contributed by atoms with Gasteiger partial charge in [0.1, 0.15) is 18.9 Å². The van der Waals surface area contributed by atoms with Gasteiger partial charge >= 0.3 is 0 Å². The average Bonchev–Trinajstić information content (AvgIpc) is 3.55. The quantitative estimate of drug-likeness (QED) is 0.376. The molecule has 0 N–H and O–H groups in total. The second kappa shape index (κ2) is 11.6. The lowest BCUT2D eigenvalue weighted by atomic mass is 10.0. The van der Waals surface area contributed by atoms with Crippen LogP contribution >= 0.6 is 22.9 Å². The summed E-state index contributed by atoms with van der Waals surface area (Å²) in [5, 5.41) is 2.68. The summed E-state index contributed by atoms with van der Waals surface area (Å²) in [7, 11) is 1.61. The van der Waals surface area contributed by atoms with Crippen LogP contribution in [-0.2, 0) is 16.0 Å². The fraction of sp³-hybridized carbons (Fsp3) is 0.360. The molecule has 3 aromatic rings. The van der Waals surface area contributed by atoms with Gasteiger partial charge in [0.2, 0.25) is 5.91 Å². The molecule has 0 saturated heterocycles. The normalized spacial score (nSPS) is 15.1. The third-order valence-corrected chi connectivity index (χ3v) is 7.01. The zero-order valence-corrected chi connectivity index (χ0v) is 20.5. The molecular weight excluding hydrogens is 476 g/mol. The van der Waals surface area contributed by atoms with Crippen LogP contribution in [0.25, 0.3) is 0 Å². The lowest BCUT2D eigenvalue weighted by Gasteiger charge is -2.37. The molecule has 0 aliphatic carbocycles. The van der Waals surface area contributed by atoms with Crippen LogP contribution in [0.5, 0.6) is 5.75 Å². The molecule has 4 rings (SSSR count). The molecule has 7 nitrogen and oxygen atoms in total. The molecule has 0 bridgehead atoms. The predicted octanol–water partition coefficient (Wildman–Crippen LogP) is 4.68. The Morgan fingerprint density at radius 3 is 2.79 bits per heavy atom. The molecule has 9 heteroatoms. The fourth-order valence-corrected chi connectivity index (χ4v) is 5.10. The smallest absolute Gasteiger partial charge is 0.290 e. The van der Waals surface area contributed by atoms with E-state index >= 15 is 0 Å². The van der Waals surface area contributed by atoms with E-state index in [1.54, 1.807) is 42.7 Å². The molecule has 0 radical (unpaired) electrons. The SMILES string of the molecule is COCCCN(CC(=O)N1CCc2sccc2[C@H]1COc1ccc(Cl)cc1)C(=O)c1ccco1. The summed E-state index contributed by atoms with van der Waals surface area (Å²) in [5.74, 6) is 0.468. The van der Waals surface area contributed by atoms with Gasteiger partial charge in [-0.05, 0) is 66.2 Å². The van der Waals surface area contributed by atoms with Gasteiger partial charge in [-0.25, -0.2) is 0 Å². The Morgan fingerprint density at radius 1 is 1.24 bits per heavy atom. The number of hydrogen-bond donors (Lipinski definition) is 0. The number of nitrogens with zero attached hydrogens (tertiary/aromatic N) is 2. The monoisotopic (exact) mass is 502 g/mol. The summed E-state index contributed by atoms with van der Waals surface area (Å²) in [5.41, 5.74) is 1.10. The van der Waals surface area contributed by atoms with Crippen molar-refractivity contribution in [1.82, 2.24) is 9.80 Å². The molecule has 0 spiro atoms. The van der Waals surface area contributed by atoms with Crippen LogP contribution in [0.15, 0.2) is 58.5 Å². The van der Waals surface area contributed by atoms with E-state index in [4.69, 9.17) is 25.5 Å². The maximum Gasteiger partial charge on any atom is 0.290 e. The third-order valence-electron chi connectivity index (χ3n) is 5.76. The number of ether oxygens (including phenoxy) is 2. The standard InChI is InChI=1S/C25H27ClN2O5S/c1-31-13-3-11-27(25(30)22-4-2-14-32-22)16-24(29)28-12-9-23-20(10-15-34-23)21(28)17-33-19-7-5-18(26)6-8-19/h2,4-8,10,14-15,21H,3,9,11-13,16-17H2,1H3/t21-/m1/s1. The largest absolute Gasteiger partial charge is 0.491 e. The van der Waals surface area contributed by atoms with Crippen molar-refractivity contribution in [3.63, 3.8) is 0 Å². The lowest BCUT2D eigenvalue weighted by molar-refractivity contribution is -0.135. The average molecular weight is 503 g/mol. The van der Waals surface area contributed by atoms with E-state index in [9.17, 15) is 9.59 Å². The highest BCUT2D eigenvalue weighted by Crippen LogP contribution is 2.34. The molecule has 1 atom stereocenters. The Hall–Kier alpha value is -2.81. The Bertz CT molecular complexity index is 1080. The summed E-state index contributed by atoms with van der Waals surface area (Å²) >= 11 is 7.68. The summed E-state index contributed by atoms with van der Waals surface area (Å²) in [4.78, 5) is 31.1. The number of furan rings is 1. The maximum atomic E-state index is 13.5. The number of benzene rings is 1. The Kier molecular flexibility index (Phi) is 8.26. The number of amides is 2. The van der Waals surface area contributed by atoms with Crippen molar-refractivity contribution >= 4 is 34.8 Å². The summed E-state index contributed by atoms with van der Waals surface area (Å²) < 4.78 is 16.5. The summed E-state index contributed by atoms with van der Waals surface area (Å²) in [6, 6.07) is 12.3. The van der Waals surface area contributed by atoms with Gasteiger partial charge in [-0.15, -0.1) is 11.3 Å². The number of halogens is 1. The number of rotatable bonds is 10. The van der Waals surface area contributed by atoms with Crippen LogP contribution in [0.3, 0.4) is 0 Å². The van der Waals surface area contributed by atoms with Gasteiger partial charge in [0, 0.05) is 36.7 Å². The minimum atomic E-state index is -0.309. The minimum Gasteiger partial charge on any atom is -0.491 e. The molecule has 180 valence electrons. The highest BCUT2D eigenvalue weighted by Gasteiger charge is 2.34. The predicted molar refractivity (Wildman–Crippen MR) is 131 cm³/mol. The van der Waals surface area contributed by atoms with Crippen molar-refractivity contribution in [3.8, 4) is 5.75 Å². The second-order valence-corrected chi connectivity index (χ2v) is 9.40. The van der Waals surface area contributed by atoms with Gasteiger partial charge in [0.25, 0.3) is 5.91 Å². The fourth-order valence-electron chi connectivity index (χ4n) is 4.04. The molecule has 2 amide bonds. The summed E-state index contributed by atoms with van der Waals surface area (Å²) in [6.07, 6.45) is 2.86. The van der Waals surface area contributed by atoms with Crippen LogP contribution in [-0.4, -0.2) is 61.6 Å². The van der Waals surface area contributed by atoms with Crippen molar-refractivity contribution in [2.24, 2.45) is 0 Å². The van der Waals surface area contributed by atoms with Gasteiger partial charge < -0.3 is 23.7 Å². The van der Waals surface area contributed by atoms with Gasteiger partial charge in [0.15, 0.2) is 5.76 Å². The van der Waals surface area contributed by atoms with E-state index in [1.807, 2.05) is 22.4 Å². The highest BCUT2D eigenvalue weighted by atomic mass is 35.5. The van der Waals surface area contributed by atoms with E-state index in [1.165, 1.54) is 16.0 Å². The minimum absolute atomic E-state index is 0.0415. The van der Waals surface area contributed by atoms with Crippen molar-refractivity contribution in [1.29, 1.82) is 0 Å². The van der Waals surface area contributed by atoms with Gasteiger partial charge in [-0.2, -0.15) is 0 Å². The van der Waals surface area contributed by atoms with Crippen LogP contribution in [0, 0.1) is 0 Å². The van der Waals surface area contributed by atoms with E-state index in [-0.39, 0.29) is 30.2 Å². The second-order valence-electron chi connectivity index (χ2n) is 7.97. The Balaban J connectivity index is 1.50. The first-order chi connectivity index (χ1) is 16.6. The van der Waals surface area contributed by atoms with Gasteiger partial charge in [-0.3, -0.25) is 9.59 Å². The van der Waals surface area contributed by atoms with Crippen LogP contribution in [0.2, 0.25) is 5.02 Å². The van der Waals surface area contributed by atoms with Crippen LogP contribution < -0.4 is 4.74 Å². The van der Waals surface area contributed by atoms with Crippen molar-refractivity contribution < 1.29 is 23.5 Å². The molecule has 0 saturated carbocycles. The number of fused-ring (bicyclic) bond motifs is 1. The zero-order chi connectivity index (χ0) is 23.9. The van der Waals surface area contributed by atoms with Gasteiger partial charge in [0.05, 0.1) is 12.3 Å². The Labute approximate surface area is 207 Å². The summed E-state index contributed by atoms with van der Waals surface area (Å²) in [6.45, 7) is 1.73. The van der Waals surface area contributed by atoms with E-state index in [0.717, 1.165) is 12.0 Å². The van der Waals surface area contributed by atoms with Crippen LogP contribution in [0.1, 0.15) is 33.5 Å². The number of carbonyl (C=O) groups is 2. The number of hydrogen-bond acceptors (Lipinski definition) is 6.